The summed E-state index contributed by atoms with van der Waals surface area (Å²) in [5.41, 5.74) is 0.601. The van der Waals surface area contributed by atoms with Gasteiger partial charge in [0, 0.05) is 0 Å². The number of aryl methyl sites for hydroxylation is 1. The summed E-state index contributed by atoms with van der Waals surface area (Å²) >= 11 is 0. The number of ether oxygens (including phenoxy) is 2. The zero-order valence-electron chi connectivity index (χ0n) is 15.0. The van der Waals surface area contributed by atoms with Crippen molar-refractivity contribution in [2.24, 2.45) is 5.92 Å². The average Bonchev–Trinajstić information content (AvgIpc) is 2.48. The fraction of sp³-hybridized carbons (Fsp3) is 0.579. The number of aliphatic carboxylic acids is 1. The van der Waals surface area contributed by atoms with E-state index in [0.717, 1.165) is 25.0 Å². The van der Waals surface area contributed by atoms with Gasteiger partial charge in [0.15, 0.2) is 0 Å². The van der Waals surface area contributed by atoms with Crippen LogP contribution >= 0.6 is 0 Å². The predicted molar refractivity (Wildman–Crippen MR) is 92.1 cm³/mol. The first-order valence-electron chi connectivity index (χ1n) is 8.29. The maximum absolute atomic E-state index is 11.8. The van der Waals surface area contributed by atoms with Gasteiger partial charge in [-0.2, -0.15) is 0 Å². The van der Waals surface area contributed by atoms with E-state index < -0.39 is 23.5 Å². The maximum Gasteiger partial charge on any atom is 0.307 e. The molecule has 0 fully saturated rings. The summed E-state index contributed by atoms with van der Waals surface area (Å²) in [4.78, 5) is 23.1. The summed E-state index contributed by atoms with van der Waals surface area (Å²) in [5.74, 6) is -1.26. The number of carboxylic acids is 1. The molecular formula is C19H28O5. The van der Waals surface area contributed by atoms with Crippen LogP contribution in [0.3, 0.4) is 0 Å². The third-order valence-electron chi connectivity index (χ3n) is 3.61. The van der Waals surface area contributed by atoms with Crippen LogP contribution in [0.4, 0.5) is 0 Å². The van der Waals surface area contributed by atoms with Gasteiger partial charge in [0.05, 0.1) is 19.4 Å². The molecule has 134 valence electrons. The number of methoxy groups -OCH3 is 1. The molecular weight excluding hydrogens is 308 g/mol. The van der Waals surface area contributed by atoms with E-state index in [-0.39, 0.29) is 6.42 Å². The molecule has 0 aliphatic heterocycles. The number of rotatable bonds is 9. The van der Waals surface area contributed by atoms with Crippen LogP contribution in [0, 0.1) is 5.92 Å². The molecule has 0 aliphatic rings. The van der Waals surface area contributed by atoms with E-state index in [9.17, 15) is 14.7 Å². The van der Waals surface area contributed by atoms with Gasteiger partial charge in [-0.1, -0.05) is 18.6 Å². The lowest BCUT2D eigenvalue weighted by Gasteiger charge is -2.21. The highest BCUT2D eigenvalue weighted by atomic mass is 16.6. The molecule has 0 saturated heterocycles. The Morgan fingerprint density at radius 1 is 1.12 bits per heavy atom. The van der Waals surface area contributed by atoms with E-state index in [1.165, 1.54) is 5.56 Å². The lowest BCUT2D eigenvalue weighted by atomic mass is 9.96. The molecule has 1 rings (SSSR count). The van der Waals surface area contributed by atoms with Crippen molar-refractivity contribution in [3.05, 3.63) is 29.8 Å². The van der Waals surface area contributed by atoms with Crippen LogP contribution in [0.1, 0.15) is 52.0 Å². The van der Waals surface area contributed by atoms with E-state index in [2.05, 4.69) is 0 Å². The molecule has 0 bridgehead atoms. The summed E-state index contributed by atoms with van der Waals surface area (Å²) in [6, 6.07) is 7.85. The zero-order chi connectivity index (χ0) is 18.2. The molecule has 0 aromatic heterocycles. The number of carbonyl (C=O) groups excluding carboxylic acids is 1. The van der Waals surface area contributed by atoms with Crippen LogP contribution in [-0.4, -0.2) is 29.8 Å². The van der Waals surface area contributed by atoms with Crippen molar-refractivity contribution in [1.82, 2.24) is 0 Å². The largest absolute Gasteiger partial charge is 0.497 e. The van der Waals surface area contributed by atoms with Crippen LogP contribution in [0.25, 0.3) is 0 Å². The topological polar surface area (TPSA) is 72.8 Å². The fourth-order valence-corrected chi connectivity index (χ4v) is 2.41. The summed E-state index contributed by atoms with van der Waals surface area (Å²) < 4.78 is 10.3. The van der Waals surface area contributed by atoms with Crippen LogP contribution in [-0.2, 0) is 20.7 Å². The molecule has 1 N–H and O–H groups in total. The van der Waals surface area contributed by atoms with Crippen molar-refractivity contribution in [3.8, 4) is 5.75 Å². The van der Waals surface area contributed by atoms with Gasteiger partial charge in [0.1, 0.15) is 11.4 Å². The molecule has 1 aromatic carbocycles. The highest BCUT2D eigenvalue weighted by molar-refractivity contribution is 5.78. The van der Waals surface area contributed by atoms with Gasteiger partial charge < -0.3 is 14.6 Å². The first-order valence-corrected chi connectivity index (χ1v) is 8.29. The van der Waals surface area contributed by atoms with Gasteiger partial charge in [-0.05, 0) is 57.7 Å². The van der Waals surface area contributed by atoms with Crippen LogP contribution in [0.5, 0.6) is 5.75 Å². The molecule has 1 aromatic rings. The number of hydrogen-bond donors (Lipinski definition) is 1. The number of carboxylic acid groups (broad SMARTS) is 1. The SMILES string of the molecule is COc1ccc(CCCC[C@H](CC(=O)OC(C)(C)C)C(=O)O)cc1. The summed E-state index contributed by atoms with van der Waals surface area (Å²) in [6.45, 7) is 5.32. The number of carbonyl (C=O) groups is 2. The molecule has 1 atom stereocenters. The summed E-state index contributed by atoms with van der Waals surface area (Å²) in [6.07, 6.45) is 2.92. The molecule has 0 spiro atoms. The van der Waals surface area contributed by atoms with Crippen LogP contribution in [0.2, 0.25) is 0 Å². The number of hydrogen-bond acceptors (Lipinski definition) is 4. The Bertz CT molecular complexity index is 528. The Morgan fingerprint density at radius 2 is 1.75 bits per heavy atom. The highest BCUT2D eigenvalue weighted by Crippen LogP contribution is 2.19. The van der Waals surface area contributed by atoms with E-state index in [1.54, 1.807) is 27.9 Å². The van der Waals surface area contributed by atoms with Crippen molar-refractivity contribution >= 4 is 11.9 Å². The normalized spacial score (nSPS) is 12.5. The number of esters is 1. The third-order valence-corrected chi connectivity index (χ3v) is 3.61. The Labute approximate surface area is 144 Å². The minimum absolute atomic E-state index is 0.0743. The highest BCUT2D eigenvalue weighted by Gasteiger charge is 2.24. The third kappa shape index (κ3) is 7.99. The lowest BCUT2D eigenvalue weighted by Crippen LogP contribution is -2.27. The Morgan fingerprint density at radius 3 is 2.25 bits per heavy atom. The minimum Gasteiger partial charge on any atom is -0.497 e. The average molecular weight is 336 g/mol. The lowest BCUT2D eigenvalue weighted by molar-refractivity contribution is -0.160. The van der Waals surface area contributed by atoms with Crippen molar-refractivity contribution < 1.29 is 24.2 Å². The Kier molecular flexibility index (Phi) is 7.75. The number of benzene rings is 1. The molecule has 0 amide bonds. The Balaban J connectivity index is 2.38. The van der Waals surface area contributed by atoms with Gasteiger partial charge in [-0.25, -0.2) is 0 Å². The van der Waals surface area contributed by atoms with Gasteiger partial charge >= 0.3 is 11.9 Å². The van der Waals surface area contributed by atoms with Gasteiger partial charge in [-0.3, -0.25) is 9.59 Å². The van der Waals surface area contributed by atoms with Crippen LogP contribution < -0.4 is 4.74 Å². The predicted octanol–water partition coefficient (Wildman–Crippen LogP) is 3.84. The second-order valence-electron chi connectivity index (χ2n) is 6.92. The quantitative estimate of drug-likeness (QED) is 0.548. The van der Waals surface area contributed by atoms with Crippen molar-refractivity contribution in [1.29, 1.82) is 0 Å². The molecule has 24 heavy (non-hydrogen) atoms. The molecule has 0 aliphatic carbocycles. The zero-order valence-corrected chi connectivity index (χ0v) is 15.0. The van der Waals surface area contributed by atoms with Crippen molar-refractivity contribution in [3.63, 3.8) is 0 Å². The molecule has 5 heteroatoms. The smallest absolute Gasteiger partial charge is 0.307 e. The standard InChI is InChI=1S/C19H28O5/c1-19(2,3)24-17(20)13-15(18(21)22)8-6-5-7-14-9-11-16(23-4)12-10-14/h9-12,15H,5-8,13H2,1-4H3,(H,21,22)/t15-/m1/s1. The van der Waals surface area contributed by atoms with Crippen molar-refractivity contribution in [2.45, 2.75) is 58.5 Å². The molecule has 0 saturated carbocycles. The van der Waals surface area contributed by atoms with Gasteiger partial charge in [-0.15, -0.1) is 0 Å². The second kappa shape index (κ2) is 9.30. The molecule has 0 unspecified atom stereocenters. The first-order chi connectivity index (χ1) is 11.2. The molecule has 5 nitrogen and oxygen atoms in total. The minimum atomic E-state index is -0.940. The van der Waals surface area contributed by atoms with Crippen LogP contribution in [0.15, 0.2) is 24.3 Å². The summed E-state index contributed by atoms with van der Waals surface area (Å²) in [5, 5.41) is 9.27. The van der Waals surface area contributed by atoms with E-state index in [1.807, 2.05) is 24.3 Å². The fourth-order valence-electron chi connectivity index (χ4n) is 2.41. The number of unbranched alkanes of at least 4 members (excludes halogenated alkanes) is 1. The van der Waals surface area contributed by atoms with E-state index in [4.69, 9.17) is 9.47 Å². The Hall–Kier alpha value is -2.04. The van der Waals surface area contributed by atoms with Gasteiger partial charge in [0.25, 0.3) is 0 Å². The summed E-state index contributed by atoms with van der Waals surface area (Å²) in [7, 11) is 1.63. The van der Waals surface area contributed by atoms with E-state index in [0.29, 0.717) is 6.42 Å². The first kappa shape index (κ1) is 20.0. The van der Waals surface area contributed by atoms with E-state index >= 15 is 0 Å². The maximum atomic E-state index is 11.8. The van der Waals surface area contributed by atoms with Gasteiger partial charge in [0.2, 0.25) is 0 Å². The van der Waals surface area contributed by atoms with Crippen molar-refractivity contribution in [2.75, 3.05) is 7.11 Å². The monoisotopic (exact) mass is 336 g/mol. The molecule has 0 radical (unpaired) electrons. The molecule has 0 heterocycles. The second-order valence-corrected chi connectivity index (χ2v) is 6.92.